The van der Waals surface area contributed by atoms with Gasteiger partial charge in [0, 0.05) is 5.38 Å². The first-order chi connectivity index (χ1) is 4.74. The van der Waals surface area contributed by atoms with Gasteiger partial charge in [-0.1, -0.05) is 0 Å². The first-order valence-electron chi connectivity index (χ1n) is 2.85. The van der Waals surface area contributed by atoms with Gasteiger partial charge in [0.15, 0.2) is 5.69 Å². The van der Waals surface area contributed by atoms with E-state index in [9.17, 15) is 0 Å². The van der Waals surface area contributed by atoms with Gasteiger partial charge in [0.05, 0.1) is 6.04 Å². The van der Waals surface area contributed by atoms with E-state index in [0.717, 1.165) is 5.01 Å². The van der Waals surface area contributed by atoms with Crippen molar-refractivity contribution in [2.24, 2.45) is 5.73 Å². The second-order valence-corrected chi connectivity index (χ2v) is 2.86. The van der Waals surface area contributed by atoms with Gasteiger partial charge in [-0.25, -0.2) is 4.98 Å². The molecule has 0 fully saturated rings. The van der Waals surface area contributed by atoms with Crippen molar-refractivity contribution in [2.45, 2.75) is 13.0 Å². The number of nitrogens with zero attached hydrogens (tertiary/aromatic N) is 2. The van der Waals surface area contributed by atoms with Gasteiger partial charge in [0.2, 0.25) is 0 Å². The minimum absolute atomic E-state index is 0.0629. The maximum Gasteiger partial charge on any atom is 0.151 e. The van der Waals surface area contributed by atoms with Crippen LogP contribution in [0.25, 0.3) is 0 Å². The molecule has 4 heteroatoms. The summed E-state index contributed by atoms with van der Waals surface area (Å²) in [5.41, 5.74) is 5.98. The number of nitriles is 1. The number of hydrogen-bond acceptors (Lipinski definition) is 4. The minimum atomic E-state index is -0.0629. The predicted molar refractivity (Wildman–Crippen MR) is 39.4 cm³/mol. The molecular weight excluding hydrogens is 146 g/mol. The lowest BCUT2D eigenvalue weighted by Crippen LogP contribution is -2.03. The van der Waals surface area contributed by atoms with Crippen molar-refractivity contribution in [3.8, 4) is 6.07 Å². The highest BCUT2D eigenvalue weighted by molar-refractivity contribution is 7.09. The fourth-order valence-electron chi connectivity index (χ4n) is 0.548. The van der Waals surface area contributed by atoms with Gasteiger partial charge in [-0.2, -0.15) is 5.26 Å². The van der Waals surface area contributed by atoms with E-state index in [-0.39, 0.29) is 6.04 Å². The smallest absolute Gasteiger partial charge is 0.151 e. The van der Waals surface area contributed by atoms with Crippen LogP contribution in [-0.2, 0) is 0 Å². The second kappa shape index (κ2) is 2.78. The SMILES string of the molecule is CC(N)c1nc(C#N)cs1. The molecule has 0 spiro atoms. The summed E-state index contributed by atoms with van der Waals surface area (Å²) in [6, 6.07) is 1.88. The quantitative estimate of drug-likeness (QED) is 0.655. The summed E-state index contributed by atoms with van der Waals surface area (Å²) in [7, 11) is 0. The number of thiazole rings is 1. The third-order valence-corrected chi connectivity index (χ3v) is 2.07. The van der Waals surface area contributed by atoms with E-state index in [1.54, 1.807) is 5.38 Å². The lowest BCUT2D eigenvalue weighted by Gasteiger charge is -1.94. The van der Waals surface area contributed by atoms with Crippen molar-refractivity contribution in [1.29, 1.82) is 5.26 Å². The Morgan fingerprint density at radius 1 is 1.90 bits per heavy atom. The summed E-state index contributed by atoms with van der Waals surface area (Å²) in [5.74, 6) is 0. The van der Waals surface area contributed by atoms with Crippen LogP contribution in [0.2, 0.25) is 0 Å². The third kappa shape index (κ3) is 1.32. The van der Waals surface area contributed by atoms with Crippen LogP contribution in [0.5, 0.6) is 0 Å². The van der Waals surface area contributed by atoms with Crippen LogP contribution in [0.1, 0.15) is 23.7 Å². The normalized spacial score (nSPS) is 12.5. The Kier molecular flexibility index (Phi) is 2.00. The molecule has 1 atom stereocenters. The Bertz CT molecular complexity index is 258. The van der Waals surface area contributed by atoms with Crippen LogP contribution in [0.4, 0.5) is 0 Å². The van der Waals surface area contributed by atoms with Crippen LogP contribution in [0, 0.1) is 11.3 Å². The molecule has 0 aliphatic rings. The summed E-state index contributed by atoms with van der Waals surface area (Å²) in [5, 5.41) is 10.9. The first-order valence-corrected chi connectivity index (χ1v) is 3.73. The zero-order valence-electron chi connectivity index (χ0n) is 5.53. The molecule has 1 rings (SSSR count). The van der Waals surface area contributed by atoms with Gasteiger partial charge in [-0.3, -0.25) is 0 Å². The Morgan fingerprint density at radius 2 is 2.60 bits per heavy atom. The van der Waals surface area contributed by atoms with E-state index in [1.807, 2.05) is 13.0 Å². The molecule has 1 unspecified atom stereocenters. The molecule has 0 bridgehead atoms. The molecule has 0 saturated heterocycles. The summed E-state index contributed by atoms with van der Waals surface area (Å²) < 4.78 is 0. The third-order valence-electron chi connectivity index (χ3n) is 1.03. The van der Waals surface area contributed by atoms with Gasteiger partial charge >= 0.3 is 0 Å². The Hall–Kier alpha value is -0.920. The largest absolute Gasteiger partial charge is 0.322 e. The number of aromatic nitrogens is 1. The van der Waals surface area contributed by atoms with E-state index in [2.05, 4.69) is 4.98 Å². The van der Waals surface area contributed by atoms with E-state index < -0.39 is 0 Å². The Balaban J connectivity index is 2.91. The average Bonchev–Trinajstić information content (AvgIpc) is 2.34. The van der Waals surface area contributed by atoms with Gasteiger partial charge in [0.25, 0.3) is 0 Å². The topological polar surface area (TPSA) is 62.7 Å². The highest BCUT2D eigenvalue weighted by Gasteiger charge is 2.03. The summed E-state index contributed by atoms with van der Waals surface area (Å²) in [4.78, 5) is 3.96. The van der Waals surface area contributed by atoms with Crippen LogP contribution < -0.4 is 5.73 Å². The molecule has 0 radical (unpaired) electrons. The van der Waals surface area contributed by atoms with Crippen LogP contribution in [-0.4, -0.2) is 4.98 Å². The van der Waals surface area contributed by atoms with Crippen molar-refractivity contribution in [2.75, 3.05) is 0 Å². The van der Waals surface area contributed by atoms with E-state index in [4.69, 9.17) is 11.0 Å². The molecule has 1 aromatic rings. The molecule has 0 aromatic carbocycles. The zero-order valence-corrected chi connectivity index (χ0v) is 6.35. The first kappa shape index (κ1) is 7.19. The minimum Gasteiger partial charge on any atom is -0.322 e. The molecule has 3 nitrogen and oxygen atoms in total. The highest BCUT2D eigenvalue weighted by Crippen LogP contribution is 2.14. The van der Waals surface area contributed by atoms with E-state index >= 15 is 0 Å². The van der Waals surface area contributed by atoms with Crippen molar-refractivity contribution in [3.05, 3.63) is 16.1 Å². The molecular formula is C6H7N3S. The fourth-order valence-corrected chi connectivity index (χ4v) is 1.25. The molecule has 1 aromatic heterocycles. The van der Waals surface area contributed by atoms with Crippen molar-refractivity contribution >= 4 is 11.3 Å². The second-order valence-electron chi connectivity index (χ2n) is 1.97. The lowest BCUT2D eigenvalue weighted by atomic mass is 10.4. The molecule has 0 aliphatic carbocycles. The van der Waals surface area contributed by atoms with Gasteiger partial charge in [0.1, 0.15) is 11.1 Å². The maximum absolute atomic E-state index is 8.39. The fraction of sp³-hybridized carbons (Fsp3) is 0.333. The van der Waals surface area contributed by atoms with Gasteiger partial charge in [-0.05, 0) is 6.92 Å². The molecule has 1 heterocycles. The average molecular weight is 153 g/mol. The monoisotopic (exact) mass is 153 g/mol. The molecule has 0 saturated carbocycles. The predicted octanol–water partition coefficient (Wildman–Crippen LogP) is 1.03. The van der Waals surface area contributed by atoms with Crippen molar-refractivity contribution < 1.29 is 0 Å². The highest BCUT2D eigenvalue weighted by atomic mass is 32.1. The van der Waals surface area contributed by atoms with E-state index in [1.165, 1.54) is 11.3 Å². The number of rotatable bonds is 1. The number of nitrogens with two attached hydrogens (primary N) is 1. The summed E-state index contributed by atoms with van der Waals surface area (Å²) >= 11 is 1.42. The van der Waals surface area contributed by atoms with Crippen molar-refractivity contribution in [3.63, 3.8) is 0 Å². The summed E-state index contributed by atoms with van der Waals surface area (Å²) in [6.45, 7) is 1.85. The molecule has 10 heavy (non-hydrogen) atoms. The van der Waals surface area contributed by atoms with Crippen LogP contribution in [0.3, 0.4) is 0 Å². The standard InChI is InChI=1S/C6H7N3S/c1-4(8)6-9-5(2-7)3-10-6/h3-4H,8H2,1H3. The van der Waals surface area contributed by atoms with E-state index in [0.29, 0.717) is 5.69 Å². The summed E-state index contributed by atoms with van der Waals surface area (Å²) in [6.07, 6.45) is 0. The number of hydrogen-bond donors (Lipinski definition) is 1. The molecule has 0 amide bonds. The van der Waals surface area contributed by atoms with Crippen LogP contribution >= 0.6 is 11.3 Å². The van der Waals surface area contributed by atoms with Gasteiger partial charge < -0.3 is 5.73 Å². The molecule has 52 valence electrons. The zero-order chi connectivity index (χ0) is 7.56. The molecule has 2 N–H and O–H groups in total. The van der Waals surface area contributed by atoms with Crippen molar-refractivity contribution in [1.82, 2.24) is 4.98 Å². The molecule has 0 aliphatic heterocycles. The Labute approximate surface area is 63.1 Å². The lowest BCUT2D eigenvalue weighted by molar-refractivity contribution is 0.805. The van der Waals surface area contributed by atoms with Crippen LogP contribution in [0.15, 0.2) is 5.38 Å². The maximum atomic E-state index is 8.39. The Morgan fingerprint density at radius 3 is 2.90 bits per heavy atom. The van der Waals surface area contributed by atoms with Gasteiger partial charge in [-0.15, -0.1) is 11.3 Å².